The van der Waals surface area contributed by atoms with Crippen LogP contribution in [-0.2, 0) is 13.0 Å². The zero-order valence-corrected chi connectivity index (χ0v) is 12.7. The topological polar surface area (TPSA) is 45.2 Å². The molecule has 0 radical (unpaired) electrons. The third-order valence-corrected chi connectivity index (χ3v) is 3.46. The number of pyridine rings is 1. The van der Waals surface area contributed by atoms with Gasteiger partial charge in [0.25, 0.3) is 0 Å². The van der Waals surface area contributed by atoms with Crippen LogP contribution in [0.25, 0.3) is 0 Å². The fourth-order valence-corrected chi connectivity index (χ4v) is 2.13. The lowest BCUT2D eigenvalue weighted by Gasteiger charge is -2.18. The van der Waals surface area contributed by atoms with Crippen LogP contribution in [0.4, 0.5) is 4.79 Å². The summed E-state index contributed by atoms with van der Waals surface area (Å²) in [6.07, 6.45) is 2.47. The molecule has 1 aromatic carbocycles. The highest BCUT2D eigenvalue weighted by molar-refractivity contribution is 6.31. The minimum absolute atomic E-state index is 0.120. The van der Waals surface area contributed by atoms with E-state index in [1.807, 2.05) is 42.5 Å². The zero-order valence-electron chi connectivity index (χ0n) is 11.9. The number of carbonyl (C=O) groups excluding carboxylic acids is 1. The van der Waals surface area contributed by atoms with Crippen molar-refractivity contribution in [3.8, 4) is 0 Å². The molecule has 0 spiro atoms. The molecular formula is C16H18ClN3O. The molecule has 1 N–H and O–H groups in total. The van der Waals surface area contributed by atoms with E-state index < -0.39 is 0 Å². The van der Waals surface area contributed by atoms with Crippen LogP contribution in [0, 0.1) is 0 Å². The van der Waals surface area contributed by atoms with Crippen LogP contribution in [0.2, 0.25) is 5.02 Å². The molecule has 5 heteroatoms. The Morgan fingerprint density at radius 2 is 2.00 bits per heavy atom. The van der Waals surface area contributed by atoms with Crippen LogP contribution >= 0.6 is 11.6 Å². The molecule has 0 unspecified atom stereocenters. The average molecular weight is 304 g/mol. The Labute approximate surface area is 129 Å². The number of benzene rings is 1. The van der Waals surface area contributed by atoms with Crippen LogP contribution in [0.3, 0.4) is 0 Å². The summed E-state index contributed by atoms with van der Waals surface area (Å²) >= 11 is 6.09. The predicted molar refractivity (Wildman–Crippen MR) is 84.3 cm³/mol. The Kier molecular flexibility index (Phi) is 5.58. The Balaban J connectivity index is 1.79. The molecule has 2 aromatic rings. The van der Waals surface area contributed by atoms with E-state index in [1.165, 1.54) is 0 Å². The van der Waals surface area contributed by atoms with Gasteiger partial charge in [-0.15, -0.1) is 0 Å². The van der Waals surface area contributed by atoms with Gasteiger partial charge in [0.05, 0.1) is 0 Å². The number of carbonyl (C=O) groups is 1. The van der Waals surface area contributed by atoms with Crippen molar-refractivity contribution in [2.75, 3.05) is 13.6 Å². The summed E-state index contributed by atoms with van der Waals surface area (Å²) in [4.78, 5) is 17.8. The number of nitrogens with zero attached hydrogens (tertiary/aromatic N) is 2. The highest BCUT2D eigenvalue weighted by Gasteiger charge is 2.10. The minimum atomic E-state index is -0.120. The van der Waals surface area contributed by atoms with Gasteiger partial charge in [-0.1, -0.05) is 35.9 Å². The first-order valence-corrected chi connectivity index (χ1v) is 7.17. The molecule has 0 atom stereocenters. The summed E-state index contributed by atoms with van der Waals surface area (Å²) in [5.41, 5.74) is 1.90. The number of rotatable bonds is 5. The Morgan fingerprint density at radius 3 is 2.71 bits per heavy atom. The molecule has 0 aliphatic rings. The largest absolute Gasteiger partial charge is 0.338 e. The Bertz CT molecular complexity index is 589. The van der Waals surface area contributed by atoms with Gasteiger partial charge in [0, 0.05) is 43.5 Å². The van der Waals surface area contributed by atoms with Gasteiger partial charge in [0.1, 0.15) is 0 Å². The lowest BCUT2D eigenvalue weighted by molar-refractivity contribution is 0.207. The highest BCUT2D eigenvalue weighted by Crippen LogP contribution is 2.16. The van der Waals surface area contributed by atoms with E-state index in [4.69, 9.17) is 11.6 Å². The quantitative estimate of drug-likeness (QED) is 0.922. The van der Waals surface area contributed by atoms with Crippen LogP contribution in [0.5, 0.6) is 0 Å². The van der Waals surface area contributed by atoms with Crippen molar-refractivity contribution in [1.82, 2.24) is 15.2 Å². The molecule has 110 valence electrons. The first-order valence-electron chi connectivity index (χ1n) is 6.79. The van der Waals surface area contributed by atoms with E-state index in [0.717, 1.165) is 11.3 Å². The van der Waals surface area contributed by atoms with E-state index in [1.54, 1.807) is 18.1 Å². The zero-order chi connectivity index (χ0) is 15.1. The van der Waals surface area contributed by atoms with E-state index in [-0.39, 0.29) is 6.03 Å². The number of hydrogen-bond acceptors (Lipinski definition) is 2. The van der Waals surface area contributed by atoms with Crippen molar-refractivity contribution in [1.29, 1.82) is 0 Å². The normalized spacial score (nSPS) is 10.2. The number of hydrogen-bond donors (Lipinski definition) is 1. The van der Waals surface area contributed by atoms with Gasteiger partial charge in [-0.25, -0.2) is 4.79 Å². The van der Waals surface area contributed by atoms with Crippen molar-refractivity contribution in [2.45, 2.75) is 13.0 Å². The second kappa shape index (κ2) is 7.64. The average Bonchev–Trinajstić information content (AvgIpc) is 2.50. The SMILES string of the molecule is CN(Cc1ccccc1Cl)C(=O)NCCc1ccccn1. The predicted octanol–water partition coefficient (Wildman–Crippen LogP) is 3.12. The Morgan fingerprint density at radius 1 is 1.24 bits per heavy atom. The monoisotopic (exact) mass is 303 g/mol. The summed E-state index contributed by atoms with van der Waals surface area (Å²) in [6, 6.07) is 13.2. The molecule has 0 saturated heterocycles. The lowest BCUT2D eigenvalue weighted by atomic mass is 10.2. The molecule has 2 rings (SSSR count). The molecule has 0 bridgehead atoms. The summed E-state index contributed by atoms with van der Waals surface area (Å²) in [5, 5.41) is 3.55. The first-order chi connectivity index (χ1) is 10.2. The number of nitrogens with one attached hydrogen (secondary N) is 1. The van der Waals surface area contributed by atoms with Crippen LogP contribution < -0.4 is 5.32 Å². The second-order valence-corrected chi connectivity index (χ2v) is 5.16. The molecular weight excluding hydrogens is 286 g/mol. The number of urea groups is 1. The number of aromatic nitrogens is 1. The third kappa shape index (κ3) is 4.76. The molecule has 1 heterocycles. The highest BCUT2D eigenvalue weighted by atomic mass is 35.5. The van der Waals surface area contributed by atoms with Crippen LogP contribution in [-0.4, -0.2) is 29.5 Å². The van der Waals surface area contributed by atoms with Crippen LogP contribution in [0.15, 0.2) is 48.7 Å². The maximum Gasteiger partial charge on any atom is 0.317 e. The Hall–Kier alpha value is -2.07. The fourth-order valence-electron chi connectivity index (χ4n) is 1.93. The summed E-state index contributed by atoms with van der Waals surface area (Å²) in [7, 11) is 1.75. The molecule has 2 amide bonds. The van der Waals surface area contributed by atoms with E-state index in [0.29, 0.717) is 24.5 Å². The van der Waals surface area contributed by atoms with Gasteiger partial charge >= 0.3 is 6.03 Å². The van der Waals surface area contributed by atoms with Gasteiger partial charge in [0.2, 0.25) is 0 Å². The lowest BCUT2D eigenvalue weighted by Crippen LogP contribution is -2.37. The van der Waals surface area contributed by atoms with Crippen molar-refractivity contribution in [3.63, 3.8) is 0 Å². The van der Waals surface area contributed by atoms with Crippen molar-refractivity contribution < 1.29 is 4.79 Å². The molecule has 0 fully saturated rings. The van der Waals surface area contributed by atoms with Crippen molar-refractivity contribution in [2.24, 2.45) is 0 Å². The second-order valence-electron chi connectivity index (χ2n) is 4.75. The van der Waals surface area contributed by atoms with Gasteiger partial charge in [0.15, 0.2) is 0 Å². The number of amides is 2. The third-order valence-electron chi connectivity index (χ3n) is 3.10. The van der Waals surface area contributed by atoms with E-state index in [2.05, 4.69) is 10.3 Å². The van der Waals surface area contributed by atoms with E-state index >= 15 is 0 Å². The smallest absolute Gasteiger partial charge is 0.317 e. The van der Waals surface area contributed by atoms with Gasteiger partial charge < -0.3 is 10.2 Å². The van der Waals surface area contributed by atoms with Gasteiger partial charge in [-0.3, -0.25) is 4.98 Å². The summed E-state index contributed by atoms with van der Waals surface area (Å²) in [5.74, 6) is 0. The van der Waals surface area contributed by atoms with Crippen molar-refractivity contribution in [3.05, 3.63) is 64.9 Å². The fraction of sp³-hybridized carbons (Fsp3) is 0.250. The van der Waals surface area contributed by atoms with Crippen LogP contribution in [0.1, 0.15) is 11.3 Å². The van der Waals surface area contributed by atoms with E-state index in [9.17, 15) is 4.79 Å². The first kappa shape index (κ1) is 15.3. The standard InChI is InChI=1S/C16H18ClN3O/c1-20(12-13-6-2-3-8-15(13)17)16(21)19-11-9-14-7-4-5-10-18-14/h2-8,10H,9,11-12H2,1H3,(H,19,21). The molecule has 1 aromatic heterocycles. The summed E-state index contributed by atoms with van der Waals surface area (Å²) in [6.45, 7) is 1.04. The maximum absolute atomic E-state index is 12.0. The molecule has 0 aliphatic carbocycles. The molecule has 0 saturated carbocycles. The molecule has 21 heavy (non-hydrogen) atoms. The number of halogens is 1. The maximum atomic E-state index is 12.0. The summed E-state index contributed by atoms with van der Waals surface area (Å²) < 4.78 is 0. The molecule has 0 aliphatic heterocycles. The van der Waals surface area contributed by atoms with Crippen molar-refractivity contribution >= 4 is 17.6 Å². The molecule has 4 nitrogen and oxygen atoms in total. The minimum Gasteiger partial charge on any atom is -0.338 e. The van der Waals surface area contributed by atoms with Gasteiger partial charge in [-0.2, -0.15) is 0 Å². The van der Waals surface area contributed by atoms with Gasteiger partial charge in [-0.05, 0) is 23.8 Å².